The number of benzene rings is 2. The van der Waals surface area contributed by atoms with Crippen molar-refractivity contribution in [1.82, 2.24) is 9.80 Å². The molecule has 164 valence electrons. The molecule has 1 saturated heterocycles. The van der Waals surface area contributed by atoms with E-state index in [4.69, 9.17) is 24.5 Å². The largest absolute Gasteiger partial charge is 0.497 e. The fraction of sp³-hybridized carbons (Fsp3) is 0.273. The Labute approximate surface area is 179 Å². The van der Waals surface area contributed by atoms with Gasteiger partial charge in [-0.15, -0.1) is 0 Å². The number of carbonyl (C=O) groups excluding carboxylic acids is 2. The van der Waals surface area contributed by atoms with Crippen LogP contribution >= 0.6 is 0 Å². The second-order valence-electron chi connectivity index (χ2n) is 6.67. The van der Waals surface area contributed by atoms with E-state index in [1.54, 1.807) is 36.3 Å². The van der Waals surface area contributed by atoms with E-state index in [0.29, 0.717) is 38.2 Å². The average molecular weight is 428 g/mol. The van der Waals surface area contributed by atoms with Gasteiger partial charge in [0.25, 0.3) is 5.91 Å². The molecule has 0 saturated carbocycles. The van der Waals surface area contributed by atoms with Gasteiger partial charge in [-0.2, -0.15) is 0 Å². The molecule has 2 amide bonds. The molecule has 1 heterocycles. The van der Waals surface area contributed by atoms with Gasteiger partial charge in [0.1, 0.15) is 5.75 Å². The number of carbonyl (C=O) groups is 4. The molecule has 9 nitrogen and oxygen atoms in total. The first kappa shape index (κ1) is 23.4. The molecule has 1 aliphatic rings. The summed E-state index contributed by atoms with van der Waals surface area (Å²) in [4.78, 5) is 46.8. The van der Waals surface area contributed by atoms with Gasteiger partial charge in [-0.3, -0.25) is 9.59 Å². The Balaban J connectivity index is 0.000000501. The lowest BCUT2D eigenvalue weighted by Gasteiger charge is -2.35. The number of rotatable bonds is 4. The molecule has 1 aliphatic heterocycles. The second-order valence-corrected chi connectivity index (χ2v) is 6.67. The number of ether oxygens (including phenoxy) is 1. The summed E-state index contributed by atoms with van der Waals surface area (Å²) >= 11 is 0. The van der Waals surface area contributed by atoms with Gasteiger partial charge < -0.3 is 24.7 Å². The molecule has 0 aliphatic carbocycles. The third kappa shape index (κ3) is 7.14. The number of piperazine rings is 1. The van der Waals surface area contributed by atoms with Crippen LogP contribution in [0.1, 0.15) is 15.9 Å². The average Bonchev–Trinajstić information content (AvgIpc) is 2.79. The summed E-state index contributed by atoms with van der Waals surface area (Å²) in [5.41, 5.74) is 1.66. The van der Waals surface area contributed by atoms with Crippen molar-refractivity contribution in [2.45, 2.75) is 6.42 Å². The Morgan fingerprint density at radius 1 is 0.806 bits per heavy atom. The van der Waals surface area contributed by atoms with Crippen molar-refractivity contribution in [1.29, 1.82) is 0 Å². The van der Waals surface area contributed by atoms with Crippen LogP contribution in [0.4, 0.5) is 0 Å². The summed E-state index contributed by atoms with van der Waals surface area (Å²) in [6, 6.07) is 16.9. The molecular weight excluding hydrogens is 404 g/mol. The molecular formula is C22H24N2O7. The van der Waals surface area contributed by atoms with E-state index in [2.05, 4.69) is 0 Å². The molecule has 2 aromatic rings. The van der Waals surface area contributed by atoms with Crippen molar-refractivity contribution in [3.8, 4) is 5.75 Å². The van der Waals surface area contributed by atoms with E-state index in [9.17, 15) is 9.59 Å². The van der Waals surface area contributed by atoms with Gasteiger partial charge in [-0.25, -0.2) is 9.59 Å². The van der Waals surface area contributed by atoms with Gasteiger partial charge in [0.05, 0.1) is 13.5 Å². The molecule has 0 aromatic heterocycles. The number of hydrogen-bond donors (Lipinski definition) is 2. The molecule has 0 radical (unpaired) electrons. The first-order valence-corrected chi connectivity index (χ1v) is 9.53. The first-order chi connectivity index (χ1) is 14.8. The highest BCUT2D eigenvalue weighted by molar-refractivity contribution is 6.27. The SMILES string of the molecule is COc1ccc(C(=O)N2CCN(C(=O)Cc3ccccc3)CC2)cc1.O=C(O)C(=O)O. The van der Waals surface area contributed by atoms with Gasteiger partial charge >= 0.3 is 11.9 Å². The van der Waals surface area contributed by atoms with Gasteiger partial charge in [0.15, 0.2) is 0 Å². The van der Waals surface area contributed by atoms with Crippen LogP contribution < -0.4 is 4.74 Å². The number of methoxy groups -OCH3 is 1. The summed E-state index contributed by atoms with van der Waals surface area (Å²) in [5.74, 6) is -2.81. The Morgan fingerprint density at radius 3 is 1.81 bits per heavy atom. The lowest BCUT2D eigenvalue weighted by atomic mass is 10.1. The molecule has 1 fully saturated rings. The monoisotopic (exact) mass is 428 g/mol. The van der Waals surface area contributed by atoms with Crippen molar-refractivity contribution in [3.63, 3.8) is 0 Å². The predicted molar refractivity (Wildman–Crippen MR) is 111 cm³/mol. The smallest absolute Gasteiger partial charge is 0.414 e. The first-order valence-electron chi connectivity index (χ1n) is 9.53. The second kappa shape index (κ2) is 11.3. The van der Waals surface area contributed by atoms with Crippen molar-refractivity contribution in [3.05, 3.63) is 65.7 Å². The molecule has 0 unspecified atom stereocenters. The Morgan fingerprint density at radius 2 is 1.32 bits per heavy atom. The molecule has 31 heavy (non-hydrogen) atoms. The number of nitrogens with zero attached hydrogens (tertiary/aromatic N) is 2. The maximum absolute atomic E-state index is 12.5. The maximum atomic E-state index is 12.5. The highest BCUT2D eigenvalue weighted by Crippen LogP contribution is 2.15. The van der Waals surface area contributed by atoms with Crippen molar-refractivity contribution < 1.29 is 34.1 Å². The van der Waals surface area contributed by atoms with E-state index in [-0.39, 0.29) is 11.8 Å². The molecule has 0 atom stereocenters. The molecule has 0 bridgehead atoms. The molecule has 9 heteroatoms. The molecule has 3 rings (SSSR count). The van der Waals surface area contributed by atoms with E-state index < -0.39 is 11.9 Å². The van der Waals surface area contributed by atoms with Crippen LogP contribution in [0.25, 0.3) is 0 Å². The zero-order chi connectivity index (χ0) is 22.8. The van der Waals surface area contributed by atoms with Crippen molar-refractivity contribution in [2.24, 2.45) is 0 Å². The van der Waals surface area contributed by atoms with Crippen LogP contribution in [0.3, 0.4) is 0 Å². The minimum absolute atomic E-state index is 0.00203. The highest BCUT2D eigenvalue weighted by Gasteiger charge is 2.24. The number of hydrogen-bond acceptors (Lipinski definition) is 5. The van der Waals surface area contributed by atoms with E-state index >= 15 is 0 Å². The highest BCUT2D eigenvalue weighted by atomic mass is 16.5. The molecule has 0 spiro atoms. The van der Waals surface area contributed by atoms with Gasteiger partial charge in [-0.05, 0) is 29.8 Å². The lowest BCUT2D eigenvalue weighted by molar-refractivity contribution is -0.159. The number of carboxylic acids is 2. The van der Waals surface area contributed by atoms with Gasteiger partial charge in [0, 0.05) is 31.7 Å². The number of amides is 2. The predicted octanol–water partition coefficient (Wildman–Crippen LogP) is 1.38. The van der Waals surface area contributed by atoms with E-state index in [1.165, 1.54) is 0 Å². The fourth-order valence-electron chi connectivity index (χ4n) is 2.96. The minimum atomic E-state index is -1.82. The molecule has 2 N–H and O–H groups in total. The van der Waals surface area contributed by atoms with Crippen LogP contribution in [-0.2, 0) is 20.8 Å². The fourth-order valence-corrected chi connectivity index (χ4v) is 2.96. The Bertz CT molecular complexity index is 893. The molecule has 2 aromatic carbocycles. The number of aliphatic carboxylic acids is 2. The normalized spacial score (nSPS) is 12.9. The standard InChI is InChI=1S/C20H22N2O3.C2H2O4/c1-25-18-9-7-17(8-10-18)20(24)22-13-11-21(12-14-22)19(23)15-16-5-3-2-4-6-16;3-1(4)2(5)6/h2-10H,11-15H2,1H3;(H,3,4)(H,5,6). The summed E-state index contributed by atoms with van der Waals surface area (Å²) in [7, 11) is 1.60. The quantitative estimate of drug-likeness (QED) is 0.705. The van der Waals surface area contributed by atoms with Gasteiger partial charge in [-0.1, -0.05) is 30.3 Å². The lowest BCUT2D eigenvalue weighted by Crippen LogP contribution is -2.51. The van der Waals surface area contributed by atoms with Crippen LogP contribution in [-0.4, -0.2) is 77.1 Å². The van der Waals surface area contributed by atoms with E-state index in [1.807, 2.05) is 35.2 Å². The van der Waals surface area contributed by atoms with Crippen LogP contribution in [0.15, 0.2) is 54.6 Å². The van der Waals surface area contributed by atoms with Gasteiger partial charge in [0.2, 0.25) is 5.91 Å². The van der Waals surface area contributed by atoms with Crippen LogP contribution in [0.2, 0.25) is 0 Å². The third-order valence-corrected chi connectivity index (χ3v) is 4.64. The van der Waals surface area contributed by atoms with Crippen LogP contribution in [0.5, 0.6) is 5.75 Å². The van der Waals surface area contributed by atoms with Crippen LogP contribution in [0, 0.1) is 0 Å². The Kier molecular flexibility index (Phi) is 8.56. The zero-order valence-corrected chi connectivity index (χ0v) is 17.1. The third-order valence-electron chi connectivity index (χ3n) is 4.64. The van der Waals surface area contributed by atoms with E-state index in [0.717, 1.165) is 11.3 Å². The van der Waals surface area contributed by atoms with Crippen molar-refractivity contribution >= 4 is 23.8 Å². The van der Waals surface area contributed by atoms with Crippen molar-refractivity contribution in [2.75, 3.05) is 33.3 Å². The summed E-state index contributed by atoms with van der Waals surface area (Å²) in [5, 5.41) is 14.8. The summed E-state index contributed by atoms with van der Waals surface area (Å²) in [6.07, 6.45) is 0.410. The summed E-state index contributed by atoms with van der Waals surface area (Å²) in [6.45, 7) is 2.28. The zero-order valence-electron chi connectivity index (χ0n) is 17.1. The topological polar surface area (TPSA) is 124 Å². The maximum Gasteiger partial charge on any atom is 0.414 e. The summed E-state index contributed by atoms with van der Waals surface area (Å²) < 4.78 is 5.11. The number of carboxylic acid groups (broad SMARTS) is 2. The minimum Gasteiger partial charge on any atom is -0.497 e. The Hall–Kier alpha value is -3.88.